The monoisotopic (exact) mass is 256 g/mol. The molecule has 4 nitrogen and oxygen atoms in total. The van der Waals surface area contributed by atoms with Gasteiger partial charge in [-0.25, -0.2) is 0 Å². The van der Waals surface area contributed by atoms with Crippen LogP contribution in [0.1, 0.15) is 47.5 Å². The summed E-state index contributed by atoms with van der Waals surface area (Å²) in [5, 5.41) is 3.31. The van der Waals surface area contributed by atoms with Gasteiger partial charge in [0.1, 0.15) is 11.6 Å². The Morgan fingerprint density at radius 2 is 1.83 bits per heavy atom. The summed E-state index contributed by atoms with van der Waals surface area (Å²) in [6.07, 6.45) is 2.60. The number of hydrogen-bond donors (Lipinski definition) is 1. The summed E-state index contributed by atoms with van der Waals surface area (Å²) in [6.45, 7) is 13.1. The molecular weight excluding hydrogens is 228 g/mol. The van der Waals surface area contributed by atoms with Crippen molar-refractivity contribution in [1.29, 1.82) is 0 Å². The number of nitrogens with one attached hydrogen (secondary N) is 1. The first-order chi connectivity index (χ1) is 8.28. The Morgan fingerprint density at radius 1 is 1.28 bits per heavy atom. The fraction of sp³-hybridized carbons (Fsp3) is 0.929. The van der Waals surface area contributed by atoms with Crippen LogP contribution in [0.3, 0.4) is 0 Å². The molecule has 0 amide bonds. The van der Waals surface area contributed by atoms with Gasteiger partial charge in [-0.3, -0.25) is 4.79 Å². The molecule has 0 spiro atoms. The second-order valence-corrected chi connectivity index (χ2v) is 6.33. The fourth-order valence-corrected chi connectivity index (χ4v) is 2.29. The molecule has 1 fully saturated rings. The van der Waals surface area contributed by atoms with Crippen LogP contribution in [0, 0.1) is 0 Å². The molecule has 1 aliphatic rings. The van der Waals surface area contributed by atoms with Crippen molar-refractivity contribution in [2.75, 3.05) is 19.6 Å². The van der Waals surface area contributed by atoms with E-state index in [2.05, 4.69) is 17.1 Å². The Bertz CT molecular complexity index is 267. The molecule has 18 heavy (non-hydrogen) atoms. The average molecular weight is 256 g/mol. The highest BCUT2D eigenvalue weighted by Crippen LogP contribution is 2.10. The standard InChI is InChI=1S/C14H28N2O2/c1-11(10-16-8-6-7-9-16)15-12(2)13(17)18-14(3,4)5/h11-12,15H,6-10H2,1-5H3. The van der Waals surface area contributed by atoms with E-state index in [1.54, 1.807) is 0 Å². The van der Waals surface area contributed by atoms with Crippen LogP contribution in [-0.4, -0.2) is 48.2 Å². The molecule has 0 aromatic rings. The Hall–Kier alpha value is -0.610. The van der Waals surface area contributed by atoms with Crippen LogP contribution < -0.4 is 5.32 Å². The summed E-state index contributed by atoms with van der Waals surface area (Å²) in [7, 11) is 0. The molecule has 1 N–H and O–H groups in total. The molecule has 1 saturated heterocycles. The number of likely N-dealkylation sites (tertiary alicyclic amines) is 1. The molecule has 4 heteroatoms. The fourth-order valence-electron chi connectivity index (χ4n) is 2.29. The summed E-state index contributed by atoms with van der Waals surface area (Å²) in [4.78, 5) is 14.3. The number of ether oxygens (including phenoxy) is 1. The number of rotatable bonds is 5. The molecule has 0 aromatic heterocycles. The maximum absolute atomic E-state index is 11.8. The summed E-state index contributed by atoms with van der Waals surface area (Å²) >= 11 is 0. The zero-order chi connectivity index (χ0) is 13.8. The minimum atomic E-state index is -0.411. The quantitative estimate of drug-likeness (QED) is 0.762. The number of carbonyl (C=O) groups is 1. The molecular formula is C14H28N2O2. The Labute approximate surface area is 111 Å². The van der Waals surface area contributed by atoms with Crippen LogP contribution >= 0.6 is 0 Å². The van der Waals surface area contributed by atoms with Crippen molar-refractivity contribution in [3.63, 3.8) is 0 Å². The van der Waals surface area contributed by atoms with Crippen molar-refractivity contribution in [3.05, 3.63) is 0 Å². The molecule has 1 rings (SSSR count). The summed E-state index contributed by atoms with van der Waals surface area (Å²) in [5.41, 5.74) is -0.411. The highest BCUT2D eigenvalue weighted by molar-refractivity contribution is 5.75. The lowest BCUT2D eigenvalue weighted by atomic mass is 10.2. The summed E-state index contributed by atoms with van der Waals surface area (Å²) < 4.78 is 5.36. The lowest BCUT2D eigenvalue weighted by Crippen LogP contribution is -2.47. The predicted molar refractivity (Wildman–Crippen MR) is 73.6 cm³/mol. The minimum absolute atomic E-state index is 0.171. The first-order valence-electron chi connectivity index (χ1n) is 6.99. The molecule has 2 atom stereocenters. The van der Waals surface area contributed by atoms with Crippen molar-refractivity contribution in [2.45, 2.75) is 65.1 Å². The van der Waals surface area contributed by atoms with E-state index in [1.807, 2.05) is 27.7 Å². The molecule has 0 radical (unpaired) electrons. The van der Waals surface area contributed by atoms with Crippen molar-refractivity contribution < 1.29 is 9.53 Å². The van der Waals surface area contributed by atoms with E-state index in [-0.39, 0.29) is 12.0 Å². The summed E-state index contributed by atoms with van der Waals surface area (Å²) in [6, 6.07) is 0.0625. The van der Waals surface area contributed by atoms with Crippen LogP contribution in [0.15, 0.2) is 0 Å². The van der Waals surface area contributed by atoms with Gasteiger partial charge in [-0.2, -0.15) is 0 Å². The van der Waals surface area contributed by atoms with Crippen LogP contribution in [-0.2, 0) is 9.53 Å². The molecule has 2 unspecified atom stereocenters. The SMILES string of the molecule is CC(CN1CCCC1)NC(C)C(=O)OC(C)(C)C. The smallest absolute Gasteiger partial charge is 0.323 e. The third-order valence-corrected chi connectivity index (χ3v) is 3.03. The average Bonchev–Trinajstić information content (AvgIpc) is 2.67. The van der Waals surface area contributed by atoms with Gasteiger partial charge in [0.15, 0.2) is 0 Å². The summed E-state index contributed by atoms with van der Waals surface area (Å²) in [5.74, 6) is -0.171. The van der Waals surface area contributed by atoms with E-state index in [0.29, 0.717) is 6.04 Å². The maximum atomic E-state index is 11.8. The van der Waals surface area contributed by atoms with Gasteiger partial charge >= 0.3 is 5.97 Å². The number of esters is 1. The molecule has 1 aliphatic heterocycles. The third kappa shape index (κ3) is 5.83. The largest absolute Gasteiger partial charge is 0.459 e. The molecule has 0 aliphatic carbocycles. The van der Waals surface area contributed by atoms with Crippen molar-refractivity contribution in [1.82, 2.24) is 10.2 Å². The number of nitrogens with zero attached hydrogens (tertiary/aromatic N) is 1. The van der Waals surface area contributed by atoms with Gasteiger partial charge in [0.25, 0.3) is 0 Å². The topological polar surface area (TPSA) is 41.6 Å². The minimum Gasteiger partial charge on any atom is -0.459 e. The van der Waals surface area contributed by atoms with Crippen molar-refractivity contribution >= 4 is 5.97 Å². The molecule has 1 heterocycles. The second-order valence-electron chi connectivity index (χ2n) is 6.33. The van der Waals surface area contributed by atoms with Gasteiger partial charge in [0.2, 0.25) is 0 Å². The van der Waals surface area contributed by atoms with Gasteiger partial charge in [-0.15, -0.1) is 0 Å². The predicted octanol–water partition coefficient (Wildman–Crippen LogP) is 1.79. The van der Waals surface area contributed by atoms with Gasteiger partial charge in [0.05, 0.1) is 0 Å². The molecule has 0 aromatic carbocycles. The van der Waals surface area contributed by atoms with E-state index in [0.717, 1.165) is 6.54 Å². The molecule has 0 saturated carbocycles. The Balaban J connectivity index is 2.29. The molecule has 0 bridgehead atoms. The maximum Gasteiger partial charge on any atom is 0.323 e. The normalized spacial score (nSPS) is 20.7. The number of hydrogen-bond acceptors (Lipinski definition) is 4. The van der Waals surface area contributed by atoms with E-state index < -0.39 is 5.60 Å². The van der Waals surface area contributed by atoms with E-state index in [9.17, 15) is 4.79 Å². The lowest BCUT2D eigenvalue weighted by Gasteiger charge is -2.26. The molecule has 106 valence electrons. The zero-order valence-corrected chi connectivity index (χ0v) is 12.5. The first-order valence-corrected chi connectivity index (χ1v) is 6.99. The highest BCUT2D eigenvalue weighted by Gasteiger charge is 2.23. The number of carbonyl (C=O) groups excluding carboxylic acids is 1. The van der Waals surface area contributed by atoms with Crippen LogP contribution in [0.2, 0.25) is 0 Å². The zero-order valence-electron chi connectivity index (χ0n) is 12.5. The van der Waals surface area contributed by atoms with E-state index in [4.69, 9.17) is 4.74 Å². The van der Waals surface area contributed by atoms with E-state index in [1.165, 1.54) is 25.9 Å². The van der Waals surface area contributed by atoms with Crippen molar-refractivity contribution in [3.8, 4) is 0 Å². The van der Waals surface area contributed by atoms with Crippen LogP contribution in [0.4, 0.5) is 0 Å². The van der Waals surface area contributed by atoms with Crippen LogP contribution in [0.5, 0.6) is 0 Å². The van der Waals surface area contributed by atoms with Gasteiger partial charge in [-0.1, -0.05) is 0 Å². The van der Waals surface area contributed by atoms with Gasteiger partial charge < -0.3 is 15.0 Å². The van der Waals surface area contributed by atoms with Gasteiger partial charge in [-0.05, 0) is 60.5 Å². The highest BCUT2D eigenvalue weighted by atomic mass is 16.6. The first kappa shape index (κ1) is 15.4. The Kier molecular flexibility index (Phi) is 5.60. The van der Waals surface area contributed by atoms with Crippen molar-refractivity contribution in [2.24, 2.45) is 0 Å². The van der Waals surface area contributed by atoms with Crippen LogP contribution in [0.25, 0.3) is 0 Å². The third-order valence-electron chi connectivity index (χ3n) is 3.03. The van der Waals surface area contributed by atoms with E-state index >= 15 is 0 Å². The lowest BCUT2D eigenvalue weighted by molar-refractivity contribution is -0.157. The Morgan fingerprint density at radius 3 is 2.33 bits per heavy atom. The second kappa shape index (κ2) is 6.53. The van der Waals surface area contributed by atoms with Gasteiger partial charge in [0, 0.05) is 12.6 Å².